The molecule has 2 atom stereocenters. The summed E-state index contributed by atoms with van der Waals surface area (Å²) in [6.45, 7) is 16.4. The normalized spacial score (nSPS) is 13.3. The second-order valence-corrected chi connectivity index (χ2v) is 30.6. The topological polar surface area (TPSA) is 35.6 Å². The van der Waals surface area contributed by atoms with Gasteiger partial charge in [0.05, 0.1) is 0 Å². The predicted molar refractivity (Wildman–Crippen MR) is 371 cm³/mol. The van der Waals surface area contributed by atoms with Crippen LogP contribution in [0.3, 0.4) is 0 Å². The van der Waals surface area contributed by atoms with E-state index in [2.05, 4.69) is 107 Å². The van der Waals surface area contributed by atoms with Gasteiger partial charge in [0.25, 0.3) is 0 Å². The zero-order valence-electron chi connectivity index (χ0n) is 52.7. The fraction of sp³-hybridized carbons (Fsp3) is 0.750. The molecular formula is C72H114N4S4Se. The van der Waals surface area contributed by atoms with Crippen LogP contribution in [0.15, 0.2) is 10.8 Å². The molecule has 0 aliphatic carbocycles. The molecule has 2 unspecified atom stereocenters. The summed E-state index contributed by atoms with van der Waals surface area (Å²) in [7, 11) is 0. The van der Waals surface area contributed by atoms with E-state index >= 15 is 0 Å². The zero-order valence-corrected chi connectivity index (χ0v) is 57.6. The molecule has 0 amide bonds. The van der Waals surface area contributed by atoms with Gasteiger partial charge >= 0.3 is 389 Å². The summed E-state index contributed by atoms with van der Waals surface area (Å²) < 4.78 is 26.6. The number of hydrogen-bond donors (Lipinski definition) is 0. The molecule has 0 N–H and O–H groups in total. The van der Waals surface area contributed by atoms with E-state index in [4.69, 9.17) is 7.96 Å². The van der Waals surface area contributed by atoms with Gasteiger partial charge in [0.2, 0.25) is 0 Å². The van der Waals surface area contributed by atoms with E-state index < -0.39 is 0 Å². The number of hydrogen-bond acceptors (Lipinski definition) is 6. The first-order valence-corrected chi connectivity index (χ1v) is 39.9. The van der Waals surface area contributed by atoms with Gasteiger partial charge < -0.3 is 0 Å². The molecule has 0 radical (unpaired) electrons. The van der Waals surface area contributed by atoms with E-state index in [1.54, 1.807) is 41.0 Å². The monoisotopic (exact) mass is 1240 g/mol. The number of rotatable bonds is 48. The third-order valence-corrected chi connectivity index (χ3v) is 24.9. The molecule has 0 saturated heterocycles. The van der Waals surface area contributed by atoms with E-state index in [9.17, 15) is 0 Å². The van der Waals surface area contributed by atoms with Crippen LogP contribution in [0.4, 0.5) is 0 Å². The van der Waals surface area contributed by atoms with Crippen molar-refractivity contribution in [3.63, 3.8) is 0 Å². The van der Waals surface area contributed by atoms with E-state index in [0.29, 0.717) is 11.8 Å². The molecule has 4 nitrogen and oxygen atoms in total. The molecule has 0 aliphatic rings. The van der Waals surface area contributed by atoms with Crippen molar-refractivity contribution in [3.05, 3.63) is 21.9 Å². The molecule has 8 aromatic rings. The SMILES string of the molecule is CCCCCCCCCCCc1csc2c1sc1c3c4n[se]nc4c4c5sc6c(CCCCCCCCCCC)csc6c5n(CC(CCCCCC)CCCCCCCC)c4c3n(CC(CCCCCC)CCCCCCCC)c21. The van der Waals surface area contributed by atoms with Crippen LogP contribution >= 0.6 is 45.3 Å². The average Bonchev–Trinajstić information content (AvgIpc) is 4.34. The predicted octanol–water partition coefficient (Wildman–Crippen LogP) is 26.3. The Kier molecular flexibility index (Phi) is 29.3. The zero-order chi connectivity index (χ0) is 56.4. The molecule has 7 heterocycles. The molecule has 1 aromatic carbocycles. The summed E-state index contributed by atoms with van der Waals surface area (Å²) in [5.74, 6) is 1.35. The van der Waals surface area contributed by atoms with Gasteiger partial charge in [0.1, 0.15) is 0 Å². The van der Waals surface area contributed by atoms with Crippen molar-refractivity contribution in [2.45, 2.75) is 337 Å². The molecule has 9 heteroatoms. The first kappa shape index (κ1) is 65.2. The maximum atomic E-state index is 5.60. The van der Waals surface area contributed by atoms with Crippen molar-refractivity contribution in [1.82, 2.24) is 17.1 Å². The Morgan fingerprint density at radius 3 is 0.938 bits per heavy atom. The van der Waals surface area contributed by atoms with Gasteiger partial charge in [-0.1, -0.05) is 131 Å². The van der Waals surface area contributed by atoms with Gasteiger partial charge in [-0.2, -0.15) is 0 Å². The van der Waals surface area contributed by atoms with Crippen LogP contribution in [0.5, 0.6) is 0 Å². The average molecular weight is 1240 g/mol. The third kappa shape index (κ3) is 17.7. The molecule has 7 aromatic heterocycles. The second-order valence-electron chi connectivity index (χ2n) is 25.7. The summed E-state index contributed by atoms with van der Waals surface area (Å²) in [4.78, 5) is 0. The van der Waals surface area contributed by atoms with Gasteiger partial charge in [0, 0.05) is 0 Å². The van der Waals surface area contributed by atoms with E-state index in [1.807, 2.05) is 0 Å². The molecule has 0 saturated carbocycles. The second kappa shape index (κ2) is 36.4. The Morgan fingerprint density at radius 1 is 0.333 bits per heavy atom. The quantitative estimate of drug-likeness (QED) is 0.0281. The van der Waals surface area contributed by atoms with Crippen molar-refractivity contribution in [2.24, 2.45) is 11.8 Å². The van der Waals surface area contributed by atoms with Crippen molar-refractivity contribution in [3.8, 4) is 0 Å². The van der Waals surface area contributed by atoms with Crippen molar-refractivity contribution >= 4 is 132 Å². The molecule has 0 bridgehead atoms. The van der Waals surface area contributed by atoms with Crippen LogP contribution in [0.25, 0.3) is 72.1 Å². The molecule has 452 valence electrons. The molecular weight excluding hydrogens is 1130 g/mol. The summed E-state index contributed by atoms with van der Waals surface area (Å²) in [6, 6.07) is 0. The Labute approximate surface area is 516 Å². The minimum atomic E-state index is -0.128. The van der Waals surface area contributed by atoms with Crippen molar-refractivity contribution in [2.75, 3.05) is 0 Å². The fourth-order valence-corrected chi connectivity index (χ4v) is 20.8. The van der Waals surface area contributed by atoms with Gasteiger partial charge in [-0.15, -0.1) is 0 Å². The molecule has 81 heavy (non-hydrogen) atoms. The van der Waals surface area contributed by atoms with Crippen LogP contribution in [-0.4, -0.2) is 32.1 Å². The Bertz CT molecular complexity index is 2790. The van der Waals surface area contributed by atoms with E-state index in [0.717, 1.165) is 13.1 Å². The number of aryl methyl sites for hydroxylation is 2. The number of nitrogens with zero attached hydrogens (tertiary/aromatic N) is 4. The summed E-state index contributed by atoms with van der Waals surface area (Å²) in [5, 5.41) is 8.13. The van der Waals surface area contributed by atoms with Gasteiger partial charge in [-0.25, -0.2) is 0 Å². The Hall–Kier alpha value is -1.74. The Balaban J connectivity index is 1.26. The summed E-state index contributed by atoms with van der Waals surface area (Å²) in [5.41, 5.74) is 11.9. The fourth-order valence-electron chi connectivity index (χ4n) is 14.1. The van der Waals surface area contributed by atoms with Gasteiger partial charge in [-0.3, -0.25) is 0 Å². The van der Waals surface area contributed by atoms with Crippen LogP contribution < -0.4 is 0 Å². The number of fused-ring (bicyclic) bond motifs is 14. The minimum absolute atomic E-state index is 0.128. The third-order valence-electron chi connectivity index (χ3n) is 18.9. The molecule has 0 fully saturated rings. The first-order valence-electron chi connectivity index (χ1n) is 35.0. The Morgan fingerprint density at radius 2 is 0.617 bits per heavy atom. The van der Waals surface area contributed by atoms with E-state index in [-0.39, 0.29) is 15.0 Å². The number of benzene rings is 1. The van der Waals surface area contributed by atoms with Crippen molar-refractivity contribution < 1.29 is 0 Å². The van der Waals surface area contributed by atoms with Gasteiger partial charge in [0.15, 0.2) is 0 Å². The molecule has 0 spiro atoms. The number of thiophene rings is 4. The molecule has 8 rings (SSSR count). The molecule has 0 aliphatic heterocycles. The van der Waals surface area contributed by atoms with Crippen LogP contribution in [0, 0.1) is 11.8 Å². The van der Waals surface area contributed by atoms with Crippen LogP contribution in [0.1, 0.15) is 322 Å². The van der Waals surface area contributed by atoms with E-state index in [1.165, 1.54) is 325 Å². The van der Waals surface area contributed by atoms with Crippen LogP contribution in [0.2, 0.25) is 0 Å². The first-order chi connectivity index (χ1) is 40.1. The maximum absolute atomic E-state index is 5.60. The number of aromatic nitrogens is 4. The summed E-state index contributed by atoms with van der Waals surface area (Å²) >= 11 is 8.35. The standard InChI is InChI=1S/C72H114N4S4Se/c1-7-13-19-25-29-31-33-37-43-49-57-53-77-71-65-69(79-67(57)71)59-61-62(74-81-73-61)60-64(63(59)75(65)51-55(45-39-23-17-11-5)47-41-35-27-21-15-9-3)76(52-56(46-40-24-18-12-6)48-42-36-28-22-16-10-4)66-70(60)80-68-58(54-78-72(66)68)50-44-38-34-32-30-26-20-14-8-2/h53-56H,7-52H2,1-6H3. The summed E-state index contributed by atoms with van der Waals surface area (Å²) in [6.07, 6.45) is 60.1. The van der Waals surface area contributed by atoms with Crippen LogP contribution in [-0.2, 0) is 25.9 Å². The van der Waals surface area contributed by atoms with Gasteiger partial charge in [-0.05, 0) is 0 Å². The van der Waals surface area contributed by atoms with Crippen molar-refractivity contribution in [1.29, 1.82) is 0 Å². The number of unbranched alkanes of at least 4 members (excludes halogenated alkanes) is 32.